The molecule has 0 aliphatic rings. The molecule has 0 bridgehead atoms. The van der Waals surface area contributed by atoms with Crippen molar-refractivity contribution >= 4 is 23.1 Å². The van der Waals surface area contributed by atoms with Crippen molar-refractivity contribution in [3.8, 4) is 0 Å². The van der Waals surface area contributed by atoms with Crippen LogP contribution in [0.25, 0.3) is 0 Å². The molecule has 0 saturated carbocycles. The number of nitrogens with zero attached hydrogens (tertiary/aromatic N) is 1. The van der Waals surface area contributed by atoms with Gasteiger partial charge >= 0.3 is 12.1 Å². The topological polar surface area (TPSA) is 60.2 Å². The highest BCUT2D eigenvalue weighted by molar-refractivity contribution is 6.35. The van der Waals surface area contributed by atoms with Crippen LogP contribution in [0.5, 0.6) is 0 Å². The lowest BCUT2D eigenvalue weighted by molar-refractivity contribution is -0.385. The first-order valence-corrected chi connectivity index (χ1v) is 4.80. The van der Waals surface area contributed by atoms with E-state index in [0.717, 1.165) is 12.1 Å². The summed E-state index contributed by atoms with van der Waals surface area (Å²) in [6.45, 7) is 0. The Balaban J connectivity index is 3.47. The first kappa shape index (κ1) is 15.3. The number of halogens is 6. The van der Waals surface area contributed by atoms with Gasteiger partial charge < -0.3 is 0 Å². The number of rotatable bonds is 3. The summed E-state index contributed by atoms with van der Waals surface area (Å²) in [7, 11) is 0. The largest absolute Gasteiger partial charge is 0.461 e. The van der Waals surface area contributed by atoms with Gasteiger partial charge in [-0.3, -0.25) is 14.9 Å². The average Bonchev–Trinajstić information content (AvgIpc) is 2.26. The molecule has 0 unspecified atom stereocenters. The summed E-state index contributed by atoms with van der Waals surface area (Å²) in [5, 5.41) is 9.67. The van der Waals surface area contributed by atoms with Crippen LogP contribution in [-0.4, -0.2) is 22.8 Å². The molecule has 0 heterocycles. The van der Waals surface area contributed by atoms with Crippen LogP contribution in [0.15, 0.2) is 18.2 Å². The Hall–Kier alpha value is -1.77. The highest BCUT2D eigenvalue weighted by Gasteiger charge is 2.64. The monoisotopic (exact) mass is 303 g/mol. The summed E-state index contributed by atoms with van der Waals surface area (Å²) in [5.41, 5.74) is -2.70. The van der Waals surface area contributed by atoms with Gasteiger partial charge in [-0.2, -0.15) is 22.0 Å². The fourth-order valence-electron chi connectivity index (χ4n) is 1.18. The van der Waals surface area contributed by atoms with E-state index >= 15 is 0 Å². The van der Waals surface area contributed by atoms with Gasteiger partial charge in [-0.1, -0.05) is 17.7 Å². The quantitative estimate of drug-likeness (QED) is 0.371. The maximum atomic E-state index is 12.9. The number of hydrogen-bond acceptors (Lipinski definition) is 3. The van der Waals surface area contributed by atoms with E-state index in [4.69, 9.17) is 11.6 Å². The van der Waals surface area contributed by atoms with E-state index in [1.807, 2.05) is 0 Å². The number of nitro groups is 1. The summed E-state index contributed by atoms with van der Waals surface area (Å²) in [5.74, 6) is -8.53. The zero-order chi connectivity index (χ0) is 15.0. The Bertz CT molecular complexity index is 543. The first-order chi connectivity index (χ1) is 8.50. The van der Waals surface area contributed by atoms with Gasteiger partial charge in [0.2, 0.25) is 5.78 Å². The standard InChI is InChI=1S/C9H3ClF5NO3/c10-4-2-1-3-5(16(18)19)6(4)7(17)8(11,12)9(13,14)15/h1-3H. The maximum absolute atomic E-state index is 12.9. The minimum Gasteiger partial charge on any atom is -0.287 e. The number of carbonyl (C=O) groups is 1. The minimum atomic E-state index is -6.17. The number of ketones is 1. The molecule has 0 N–H and O–H groups in total. The lowest BCUT2D eigenvalue weighted by Crippen LogP contribution is -2.44. The van der Waals surface area contributed by atoms with Crippen molar-refractivity contribution in [3.63, 3.8) is 0 Å². The molecular weight excluding hydrogens is 301 g/mol. The van der Waals surface area contributed by atoms with E-state index in [0.29, 0.717) is 6.07 Å². The molecule has 0 aliphatic heterocycles. The predicted molar refractivity (Wildman–Crippen MR) is 53.4 cm³/mol. The van der Waals surface area contributed by atoms with Crippen molar-refractivity contribution in [1.29, 1.82) is 0 Å². The average molecular weight is 304 g/mol. The van der Waals surface area contributed by atoms with Crippen LogP contribution in [-0.2, 0) is 0 Å². The second kappa shape index (κ2) is 4.72. The Kier molecular flexibility index (Phi) is 3.80. The van der Waals surface area contributed by atoms with Crippen LogP contribution in [0.4, 0.5) is 27.6 Å². The van der Waals surface area contributed by atoms with Gasteiger partial charge in [0.1, 0.15) is 5.56 Å². The Morgan fingerprint density at radius 1 is 1.21 bits per heavy atom. The number of hydrogen-bond donors (Lipinski definition) is 0. The Morgan fingerprint density at radius 3 is 2.16 bits per heavy atom. The molecule has 0 amide bonds. The third-order valence-electron chi connectivity index (χ3n) is 2.06. The number of carbonyl (C=O) groups excluding carboxylic acids is 1. The molecule has 1 aromatic rings. The van der Waals surface area contributed by atoms with Gasteiger partial charge in [0.05, 0.1) is 9.95 Å². The lowest BCUT2D eigenvalue weighted by Gasteiger charge is -2.18. The molecule has 0 radical (unpaired) electrons. The fourth-order valence-corrected chi connectivity index (χ4v) is 1.43. The molecule has 0 atom stereocenters. The molecule has 10 heteroatoms. The second-order valence-electron chi connectivity index (χ2n) is 3.29. The molecule has 1 rings (SSSR count). The molecule has 0 fully saturated rings. The number of benzene rings is 1. The Labute approximate surface area is 106 Å². The van der Waals surface area contributed by atoms with E-state index in [1.54, 1.807) is 0 Å². The van der Waals surface area contributed by atoms with Crippen molar-refractivity contribution in [3.05, 3.63) is 38.9 Å². The van der Waals surface area contributed by atoms with Gasteiger partial charge in [-0.15, -0.1) is 0 Å². The summed E-state index contributed by atoms with van der Waals surface area (Å²) in [6, 6.07) is 2.35. The molecular formula is C9H3ClF5NO3. The Morgan fingerprint density at radius 2 is 1.74 bits per heavy atom. The van der Waals surface area contributed by atoms with Crippen molar-refractivity contribution in [2.75, 3.05) is 0 Å². The maximum Gasteiger partial charge on any atom is 0.461 e. The summed E-state index contributed by atoms with van der Waals surface area (Å²) in [6.07, 6.45) is -6.17. The molecule has 1 aromatic carbocycles. The second-order valence-corrected chi connectivity index (χ2v) is 3.70. The van der Waals surface area contributed by atoms with Crippen molar-refractivity contribution < 1.29 is 31.7 Å². The number of nitro benzene ring substituents is 1. The number of Topliss-reactive ketones (excluding diaryl/α,β-unsaturated/α-hetero) is 1. The zero-order valence-corrected chi connectivity index (χ0v) is 9.43. The van der Waals surface area contributed by atoms with Gasteiger partial charge in [0, 0.05) is 6.07 Å². The molecule has 0 aromatic heterocycles. The van der Waals surface area contributed by atoms with Crippen molar-refractivity contribution in [1.82, 2.24) is 0 Å². The summed E-state index contributed by atoms with van der Waals surface area (Å²) >= 11 is 5.30. The van der Waals surface area contributed by atoms with E-state index in [1.165, 1.54) is 0 Å². The molecule has 4 nitrogen and oxygen atoms in total. The van der Waals surface area contributed by atoms with Crippen molar-refractivity contribution in [2.24, 2.45) is 0 Å². The van der Waals surface area contributed by atoms with Gasteiger partial charge in [0.25, 0.3) is 5.69 Å². The zero-order valence-electron chi connectivity index (χ0n) is 8.67. The molecule has 19 heavy (non-hydrogen) atoms. The third-order valence-corrected chi connectivity index (χ3v) is 2.37. The third kappa shape index (κ3) is 2.65. The van der Waals surface area contributed by atoms with Crippen LogP contribution >= 0.6 is 11.6 Å². The highest BCUT2D eigenvalue weighted by atomic mass is 35.5. The SMILES string of the molecule is O=C(c1c(Cl)cccc1[N+](=O)[O-])C(F)(F)C(F)(F)F. The lowest BCUT2D eigenvalue weighted by atomic mass is 10.0. The molecule has 104 valence electrons. The molecule has 0 saturated heterocycles. The van der Waals surface area contributed by atoms with Gasteiger partial charge in [-0.25, -0.2) is 0 Å². The van der Waals surface area contributed by atoms with E-state index < -0.39 is 39.1 Å². The van der Waals surface area contributed by atoms with Crippen molar-refractivity contribution in [2.45, 2.75) is 12.1 Å². The van der Waals surface area contributed by atoms with Crippen LogP contribution in [0.3, 0.4) is 0 Å². The summed E-state index contributed by atoms with van der Waals surface area (Å²) in [4.78, 5) is 20.5. The first-order valence-electron chi connectivity index (χ1n) is 4.42. The molecule has 0 spiro atoms. The highest BCUT2D eigenvalue weighted by Crippen LogP contribution is 2.41. The smallest absolute Gasteiger partial charge is 0.287 e. The van der Waals surface area contributed by atoms with Crippen LogP contribution in [0.2, 0.25) is 5.02 Å². The normalized spacial score (nSPS) is 12.3. The van der Waals surface area contributed by atoms with Crippen LogP contribution < -0.4 is 0 Å². The minimum absolute atomic E-state index is 0.603. The van der Waals surface area contributed by atoms with Crippen LogP contribution in [0.1, 0.15) is 10.4 Å². The number of alkyl halides is 5. The van der Waals surface area contributed by atoms with Crippen LogP contribution in [0, 0.1) is 10.1 Å². The van der Waals surface area contributed by atoms with Gasteiger partial charge in [-0.05, 0) is 6.07 Å². The molecule has 0 aliphatic carbocycles. The van der Waals surface area contributed by atoms with E-state index in [2.05, 4.69) is 0 Å². The fraction of sp³-hybridized carbons (Fsp3) is 0.222. The van der Waals surface area contributed by atoms with E-state index in [-0.39, 0.29) is 0 Å². The predicted octanol–water partition coefficient (Wildman–Crippen LogP) is 3.63. The van der Waals surface area contributed by atoms with Gasteiger partial charge in [0.15, 0.2) is 0 Å². The summed E-state index contributed by atoms with van der Waals surface area (Å²) < 4.78 is 61.9. The van der Waals surface area contributed by atoms with E-state index in [9.17, 15) is 36.9 Å².